The molecule has 1 N–H and O–H groups in total. The van der Waals surface area contributed by atoms with Crippen LogP contribution in [0.4, 0.5) is 5.69 Å². The summed E-state index contributed by atoms with van der Waals surface area (Å²) in [5.41, 5.74) is 3.39. The monoisotopic (exact) mass is 393 g/mol. The molecular formula is C23H27N3O3. The summed E-state index contributed by atoms with van der Waals surface area (Å²) in [6.45, 7) is 8.41. The zero-order valence-electron chi connectivity index (χ0n) is 17.2. The Balaban J connectivity index is 1.74. The third-order valence-electron chi connectivity index (χ3n) is 5.14. The van der Waals surface area contributed by atoms with E-state index in [0.29, 0.717) is 31.0 Å². The lowest BCUT2D eigenvalue weighted by molar-refractivity contribution is -0.121. The van der Waals surface area contributed by atoms with Crippen LogP contribution in [-0.4, -0.2) is 36.6 Å². The van der Waals surface area contributed by atoms with Crippen molar-refractivity contribution in [2.45, 2.75) is 39.8 Å². The van der Waals surface area contributed by atoms with E-state index < -0.39 is 0 Å². The number of ether oxygens (including phenoxy) is 2. The zero-order valence-corrected chi connectivity index (χ0v) is 17.2. The molecule has 1 aliphatic rings. The van der Waals surface area contributed by atoms with E-state index in [-0.39, 0.29) is 11.9 Å². The van der Waals surface area contributed by atoms with Crippen molar-refractivity contribution in [3.8, 4) is 17.6 Å². The second kappa shape index (κ2) is 9.44. The fourth-order valence-corrected chi connectivity index (χ4v) is 3.55. The van der Waals surface area contributed by atoms with E-state index >= 15 is 0 Å². The van der Waals surface area contributed by atoms with Gasteiger partial charge in [0.05, 0.1) is 30.5 Å². The van der Waals surface area contributed by atoms with Gasteiger partial charge in [0, 0.05) is 13.1 Å². The van der Waals surface area contributed by atoms with Crippen LogP contribution in [0, 0.1) is 11.3 Å². The molecule has 3 rings (SSSR count). The van der Waals surface area contributed by atoms with Crippen molar-refractivity contribution in [3.63, 3.8) is 0 Å². The average molecular weight is 393 g/mol. The predicted molar refractivity (Wildman–Crippen MR) is 112 cm³/mol. The van der Waals surface area contributed by atoms with Crippen LogP contribution in [0.1, 0.15) is 37.5 Å². The molecule has 0 aliphatic carbocycles. The fraction of sp³-hybridized carbons (Fsp3) is 0.391. The molecule has 0 spiro atoms. The number of hydrogen-bond acceptors (Lipinski definition) is 5. The zero-order chi connectivity index (χ0) is 20.8. The number of benzene rings is 2. The van der Waals surface area contributed by atoms with Gasteiger partial charge in [0.25, 0.3) is 0 Å². The number of carbonyl (C=O) groups excluding carboxylic acids is 1. The van der Waals surface area contributed by atoms with Gasteiger partial charge in [0.2, 0.25) is 5.91 Å². The maximum absolute atomic E-state index is 12.8. The summed E-state index contributed by atoms with van der Waals surface area (Å²) in [6.07, 6.45) is 0.841. The molecule has 1 atom stereocenters. The first-order valence-corrected chi connectivity index (χ1v) is 10.0. The highest BCUT2D eigenvalue weighted by Crippen LogP contribution is 2.34. The Bertz CT molecular complexity index is 920. The number of fused-ring (bicyclic) bond motifs is 1. The number of nitrogens with zero attached hydrogens (tertiary/aromatic N) is 2. The predicted octanol–water partition coefficient (Wildman–Crippen LogP) is 3.74. The van der Waals surface area contributed by atoms with Crippen LogP contribution in [0.5, 0.6) is 11.5 Å². The molecule has 6 nitrogen and oxygen atoms in total. The van der Waals surface area contributed by atoms with Crippen molar-refractivity contribution in [1.29, 1.82) is 5.26 Å². The summed E-state index contributed by atoms with van der Waals surface area (Å²) in [6, 6.07) is 12.9. The second-order valence-corrected chi connectivity index (χ2v) is 6.98. The van der Waals surface area contributed by atoms with E-state index in [9.17, 15) is 10.1 Å². The van der Waals surface area contributed by atoms with Gasteiger partial charge in [-0.05, 0) is 62.6 Å². The molecule has 0 fully saturated rings. The molecule has 1 heterocycles. The molecule has 0 saturated heterocycles. The van der Waals surface area contributed by atoms with E-state index in [1.807, 2.05) is 32.9 Å². The number of anilines is 1. The molecule has 0 aromatic heterocycles. The Hall–Kier alpha value is -3.04. The lowest BCUT2D eigenvalue weighted by Gasteiger charge is -2.33. The summed E-state index contributed by atoms with van der Waals surface area (Å²) in [4.78, 5) is 14.9. The first kappa shape index (κ1) is 20.7. The Morgan fingerprint density at radius 1 is 1.17 bits per heavy atom. The van der Waals surface area contributed by atoms with Gasteiger partial charge in [0.1, 0.15) is 6.07 Å². The van der Waals surface area contributed by atoms with Crippen molar-refractivity contribution in [2.24, 2.45) is 0 Å². The second-order valence-electron chi connectivity index (χ2n) is 6.98. The van der Waals surface area contributed by atoms with E-state index in [4.69, 9.17) is 9.47 Å². The van der Waals surface area contributed by atoms with Crippen LogP contribution in [-0.2, 0) is 17.8 Å². The lowest BCUT2D eigenvalue weighted by atomic mass is 9.97. The Kier molecular flexibility index (Phi) is 6.73. The molecular weight excluding hydrogens is 366 g/mol. The average Bonchev–Trinajstić information content (AvgIpc) is 2.74. The normalized spacial score (nSPS) is 14.4. The summed E-state index contributed by atoms with van der Waals surface area (Å²) in [5.74, 6) is 1.41. The first-order chi connectivity index (χ1) is 14.1. The van der Waals surface area contributed by atoms with Crippen LogP contribution in [0.3, 0.4) is 0 Å². The smallest absolute Gasteiger partial charge is 0.241 e. The van der Waals surface area contributed by atoms with Gasteiger partial charge in [0.15, 0.2) is 11.5 Å². The quantitative estimate of drug-likeness (QED) is 0.776. The van der Waals surface area contributed by atoms with Gasteiger partial charge in [-0.15, -0.1) is 0 Å². The van der Waals surface area contributed by atoms with E-state index in [2.05, 4.69) is 22.4 Å². The van der Waals surface area contributed by atoms with E-state index in [0.717, 1.165) is 30.0 Å². The third kappa shape index (κ3) is 4.69. The van der Waals surface area contributed by atoms with Crippen LogP contribution in [0.2, 0.25) is 0 Å². The van der Waals surface area contributed by atoms with Crippen molar-refractivity contribution in [2.75, 3.05) is 25.1 Å². The number of carbonyl (C=O) groups is 1. The first-order valence-electron chi connectivity index (χ1n) is 10.0. The number of amides is 1. The largest absolute Gasteiger partial charge is 0.490 e. The molecule has 0 bridgehead atoms. The Morgan fingerprint density at radius 2 is 1.83 bits per heavy atom. The molecule has 0 unspecified atom stereocenters. The van der Waals surface area contributed by atoms with Gasteiger partial charge in [-0.1, -0.05) is 12.1 Å². The van der Waals surface area contributed by atoms with Gasteiger partial charge < -0.3 is 14.8 Å². The van der Waals surface area contributed by atoms with Crippen molar-refractivity contribution >= 4 is 11.6 Å². The molecule has 2 aromatic rings. The Labute approximate surface area is 172 Å². The van der Waals surface area contributed by atoms with E-state index in [1.54, 1.807) is 18.2 Å². The van der Waals surface area contributed by atoms with Gasteiger partial charge in [-0.3, -0.25) is 9.69 Å². The van der Waals surface area contributed by atoms with E-state index in [1.165, 1.54) is 5.56 Å². The third-order valence-corrected chi connectivity index (χ3v) is 5.14. The summed E-state index contributed by atoms with van der Waals surface area (Å²) >= 11 is 0. The van der Waals surface area contributed by atoms with Crippen molar-refractivity contribution < 1.29 is 14.3 Å². The highest BCUT2D eigenvalue weighted by atomic mass is 16.5. The highest BCUT2D eigenvalue weighted by Gasteiger charge is 2.27. The SMILES string of the molecule is CCOc1cc2c(cc1OCC)CN([C@H](C)C(=O)Nc1ccccc1C#N)CC2. The number of rotatable bonds is 7. The molecule has 152 valence electrons. The number of nitrogens with one attached hydrogen (secondary N) is 1. The van der Waals surface area contributed by atoms with Gasteiger partial charge in [-0.2, -0.15) is 5.26 Å². The summed E-state index contributed by atoms with van der Waals surface area (Å²) in [7, 11) is 0. The summed E-state index contributed by atoms with van der Waals surface area (Å²) < 4.78 is 11.5. The van der Waals surface area contributed by atoms with Crippen LogP contribution < -0.4 is 14.8 Å². The molecule has 29 heavy (non-hydrogen) atoms. The van der Waals surface area contributed by atoms with Gasteiger partial charge in [-0.25, -0.2) is 0 Å². The van der Waals surface area contributed by atoms with Crippen LogP contribution in [0.25, 0.3) is 0 Å². The van der Waals surface area contributed by atoms with Crippen molar-refractivity contribution in [3.05, 3.63) is 53.1 Å². The topological polar surface area (TPSA) is 74.6 Å². The molecule has 6 heteroatoms. The molecule has 0 radical (unpaired) electrons. The number of para-hydroxylation sites is 1. The maximum atomic E-state index is 12.8. The number of hydrogen-bond donors (Lipinski definition) is 1. The molecule has 1 amide bonds. The van der Waals surface area contributed by atoms with Crippen LogP contribution >= 0.6 is 0 Å². The minimum Gasteiger partial charge on any atom is -0.490 e. The molecule has 1 aliphatic heterocycles. The van der Waals surface area contributed by atoms with Crippen LogP contribution in [0.15, 0.2) is 36.4 Å². The van der Waals surface area contributed by atoms with Gasteiger partial charge >= 0.3 is 0 Å². The highest BCUT2D eigenvalue weighted by molar-refractivity contribution is 5.95. The fourth-order valence-electron chi connectivity index (χ4n) is 3.55. The standard InChI is InChI=1S/C23H27N3O3/c1-4-28-21-12-17-10-11-26(15-19(17)13-22(21)29-5-2)16(3)23(27)25-20-9-7-6-8-18(20)14-24/h6-9,12-13,16H,4-5,10-11,15H2,1-3H3,(H,25,27)/t16-/m1/s1. The number of nitriles is 1. The minimum absolute atomic E-state index is 0.118. The Morgan fingerprint density at radius 3 is 2.48 bits per heavy atom. The maximum Gasteiger partial charge on any atom is 0.241 e. The lowest BCUT2D eigenvalue weighted by Crippen LogP contribution is -2.44. The summed E-state index contributed by atoms with van der Waals surface area (Å²) in [5, 5.41) is 12.1. The van der Waals surface area contributed by atoms with Crippen molar-refractivity contribution in [1.82, 2.24) is 4.90 Å². The minimum atomic E-state index is -0.322. The molecule has 0 saturated carbocycles. The molecule has 2 aromatic carbocycles.